The fourth-order valence-corrected chi connectivity index (χ4v) is 3.39. The second kappa shape index (κ2) is 5.77. The van der Waals surface area contributed by atoms with E-state index in [-0.39, 0.29) is 18.2 Å². The van der Waals surface area contributed by atoms with E-state index in [1.807, 2.05) is 0 Å². The van der Waals surface area contributed by atoms with Crippen molar-refractivity contribution in [2.24, 2.45) is 0 Å². The zero-order chi connectivity index (χ0) is 15.9. The summed E-state index contributed by atoms with van der Waals surface area (Å²) in [5, 5.41) is 2.28. The summed E-state index contributed by atoms with van der Waals surface area (Å²) in [6, 6.07) is 4.61. The normalized spacial score (nSPS) is 22.3. The quantitative estimate of drug-likeness (QED) is 0.810. The number of hydrogen-bond acceptors (Lipinski definition) is 5. The second-order valence-electron chi connectivity index (χ2n) is 5.17. The highest BCUT2D eigenvalue weighted by atomic mass is 32.8. The third-order valence-electron chi connectivity index (χ3n) is 3.75. The molecule has 0 bridgehead atoms. The zero-order valence-electron chi connectivity index (χ0n) is 11.8. The maximum Gasteiger partial charge on any atom is 0.255 e. The molecule has 1 saturated heterocycles. The van der Waals surface area contributed by atoms with Crippen molar-refractivity contribution in [3.8, 4) is 5.75 Å². The van der Waals surface area contributed by atoms with Gasteiger partial charge in [0.25, 0.3) is 5.91 Å². The summed E-state index contributed by atoms with van der Waals surface area (Å²) in [7, 11) is -0.668. The lowest BCUT2D eigenvalue weighted by atomic mass is 10.0. The van der Waals surface area contributed by atoms with E-state index in [2.05, 4.69) is 5.32 Å². The van der Waals surface area contributed by atoms with Gasteiger partial charge < -0.3 is 9.08 Å². The van der Waals surface area contributed by atoms with Crippen LogP contribution in [0.1, 0.15) is 28.8 Å². The maximum atomic E-state index is 12.5. The van der Waals surface area contributed by atoms with Gasteiger partial charge in [0, 0.05) is 23.8 Å². The molecule has 0 radical (unpaired) electrons. The number of benzene rings is 1. The summed E-state index contributed by atoms with van der Waals surface area (Å²) >= 11 is 5.05. The van der Waals surface area contributed by atoms with Crippen LogP contribution in [0.2, 0.25) is 0 Å². The van der Waals surface area contributed by atoms with Crippen LogP contribution in [0.4, 0.5) is 0 Å². The Labute approximate surface area is 134 Å². The molecule has 6 nitrogen and oxygen atoms in total. The van der Waals surface area contributed by atoms with Crippen molar-refractivity contribution in [2.45, 2.75) is 25.4 Å². The van der Waals surface area contributed by atoms with Gasteiger partial charge >= 0.3 is 0 Å². The highest BCUT2D eigenvalue weighted by molar-refractivity contribution is 8.26. The molecule has 2 aliphatic rings. The predicted molar refractivity (Wildman–Crippen MR) is 83.8 cm³/mol. The van der Waals surface area contributed by atoms with Crippen molar-refractivity contribution in [2.75, 3.05) is 6.26 Å². The molecule has 0 aliphatic carbocycles. The number of carbonyl (C=O) groups is 3. The predicted octanol–water partition coefficient (Wildman–Crippen LogP) is 0.451. The van der Waals surface area contributed by atoms with Gasteiger partial charge in [0.15, 0.2) is 0 Å². The van der Waals surface area contributed by atoms with E-state index >= 15 is 0 Å². The first-order valence-electron chi connectivity index (χ1n) is 6.75. The molecule has 3 amide bonds. The van der Waals surface area contributed by atoms with Crippen LogP contribution in [-0.4, -0.2) is 34.9 Å². The molecule has 3 rings (SSSR count). The molecule has 0 saturated carbocycles. The number of nitrogens with zero attached hydrogens (tertiary/aromatic N) is 1. The number of rotatable bonds is 3. The average Bonchev–Trinajstić information content (AvgIpc) is 2.77. The third-order valence-corrected chi connectivity index (χ3v) is 4.36. The Hall–Kier alpha value is -1.80. The first-order chi connectivity index (χ1) is 10.5. The molecule has 2 unspecified atom stereocenters. The minimum atomic E-state index is -0.668. The van der Waals surface area contributed by atoms with Gasteiger partial charge in [-0.1, -0.05) is 6.07 Å². The number of nitrogens with one attached hydrogen (secondary N) is 1. The highest BCUT2D eigenvalue weighted by Gasteiger charge is 2.40. The van der Waals surface area contributed by atoms with Gasteiger partial charge in [0.1, 0.15) is 11.8 Å². The molecule has 0 aromatic heterocycles. The molecular formula is C14H14N2O4S2. The van der Waals surface area contributed by atoms with Gasteiger partial charge in [-0.25, -0.2) is 0 Å². The van der Waals surface area contributed by atoms with Crippen LogP contribution in [0.3, 0.4) is 0 Å². The van der Waals surface area contributed by atoms with Gasteiger partial charge in [-0.3, -0.25) is 19.7 Å². The van der Waals surface area contributed by atoms with E-state index in [0.717, 1.165) is 5.56 Å². The van der Waals surface area contributed by atoms with Crippen LogP contribution < -0.4 is 9.50 Å². The Morgan fingerprint density at radius 2 is 2.14 bits per heavy atom. The lowest BCUT2D eigenvalue weighted by Gasteiger charge is -2.29. The summed E-state index contributed by atoms with van der Waals surface area (Å²) in [6.07, 6.45) is 2.35. The third kappa shape index (κ3) is 2.64. The van der Waals surface area contributed by atoms with E-state index in [4.69, 9.17) is 15.4 Å². The van der Waals surface area contributed by atoms with Crippen molar-refractivity contribution in [1.29, 1.82) is 0 Å². The smallest absolute Gasteiger partial charge is 0.255 e. The standard InChI is InChI=1S/C14H14N2O4S2/c1-22(21)20-11-4-2-3-8-9(11)7-16(14(8)19)10-5-6-12(17)15-13(10)18/h2-4,10H,5-7H2,1H3,(H,15,17,18). The van der Waals surface area contributed by atoms with Crippen molar-refractivity contribution in [3.63, 3.8) is 0 Å². The molecule has 0 spiro atoms. The van der Waals surface area contributed by atoms with Gasteiger partial charge in [0.05, 0.1) is 16.3 Å². The summed E-state index contributed by atoms with van der Waals surface area (Å²) in [5.74, 6) is -0.342. The zero-order valence-corrected chi connectivity index (χ0v) is 13.5. The minimum Gasteiger partial charge on any atom is -0.424 e. The topological polar surface area (TPSA) is 75.7 Å². The van der Waals surface area contributed by atoms with E-state index in [0.29, 0.717) is 24.3 Å². The number of piperidine rings is 1. The van der Waals surface area contributed by atoms with Gasteiger partial charge in [-0.15, -0.1) is 0 Å². The molecule has 116 valence electrons. The number of imide groups is 1. The minimum absolute atomic E-state index is 0.213. The fraction of sp³-hybridized carbons (Fsp3) is 0.357. The average molecular weight is 338 g/mol. The lowest BCUT2D eigenvalue weighted by molar-refractivity contribution is -0.136. The molecule has 22 heavy (non-hydrogen) atoms. The van der Waals surface area contributed by atoms with Crippen LogP contribution in [0.5, 0.6) is 5.75 Å². The Morgan fingerprint density at radius 3 is 2.82 bits per heavy atom. The Balaban J connectivity index is 1.89. The number of carbonyl (C=O) groups excluding carboxylic acids is 3. The maximum absolute atomic E-state index is 12.5. The molecule has 2 aliphatic heterocycles. The first kappa shape index (κ1) is 15.1. The number of amides is 3. The molecule has 2 heterocycles. The first-order valence-corrected chi connectivity index (χ1v) is 9.24. The molecule has 1 fully saturated rings. The van der Waals surface area contributed by atoms with Crippen molar-refractivity contribution in [3.05, 3.63) is 29.3 Å². The summed E-state index contributed by atoms with van der Waals surface area (Å²) in [6.45, 7) is 0.295. The van der Waals surface area contributed by atoms with E-state index in [9.17, 15) is 14.4 Å². The van der Waals surface area contributed by atoms with Crippen LogP contribution >= 0.6 is 0 Å². The molecule has 1 aromatic rings. The largest absolute Gasteiger partial charge is 0.424 e. The van der Waals surface area contributed by atoms with E-state index in [1.165, 1.54) is 4.90 Å². The van der Waals surface area contributed by atoms with Crippen LogP contribution in [-0.2, 0) is 37.1 Å². The van der Waals surface area contributed by atoms with Crippen LogP contribution in [0, 0.1) is 0 Å². The molecule has 2 atom stereocenters. The SMILES string of the molecule is CS(=S)Oc1cccc2c1CN(C1CCC(=O)NC1=O)C2=O. The molecule has 1 N–H and O–H groups in total. The summed E-state index contributed by atoms with van der Waals surface area (Å²) in [4.78, 5) is 37.3. The Bertz CT molecular complexity index is 704. The van der Waals surface area contributed by atoms with Gasteiger partial charge in [0.2, 0.25) is 11.8 Å². The van der Waals surface area contributed by atoms with E-state index in [1.54, 1.807) is 24.5 Å². The van der Waals surface area contributed by atoms with Crippen LogP contribution in [0.25, 0.3) is 0 Å². The summed E-state index contributed by atoms with van der Waals surface area (Å²) < 4.78 is 5.59. The Kier molecular flexibility index (Phi) is 3.96. The van der Waals surface area contributed by atoms with Crippen molar-refractivity contribution in [1.82, 2.24) is 10.2 Å². The van der Waals surface area contributed by atoms with Crippen molar-refractivity contribution >= 4 is 38.6 Å². The van der Waals surface area contributed by atoms with Gasteiger partial charge in [-0.2, -0.15) is 0 Å². The molecular weight excluding hydrogens is 324 g/mol. The summed E-state index contributed by atoms with van der Waals surface area (Å²) in [5.41, 5.74) is 1.28. The van der Waals surface area contributed by atoms with Crippen molar-refractivity contribution < 1.29 is 18.6 Å². The molecule has 8 heteroatoms. The Morgan fingerprint density at radius 1 is 1.36 bits per heavy atom. The second-order valence-corrected chi connectivity index (χ2v) is 7.54. The molecule has 1 aromatic carbocycles. The lowest BCUT2D eigenvalue weighted by Crippen LogP contribution is -2.52. The van der Waals surface area contributed by atoms with Crippen LogP contribution in [0.15, 0.2) is 18.2 Å². The number of fused-ring (bicyclic) bond motifs is 1. The number of hydrogen-bond donors (Lipinski definition) is 1. The fourth-order valence-electron chi connectivity index (χ4n) is 2.76. The van der Waals surface area contributed by atoms with Gasteiger partial charge in [-0.05, 0) is 29.7 Å². The monoisotopic (exact) mass is 338 g/mol. The van der Waals surface area contributed by atoms with E-state index < -0.39 is 21.7 Å². The highest BCUT2D eigenvalue weighted by Crippen LogP contribution is 2.33.